The quantitative estimate of drug-likeness (QED) is 0.419. The van der Waals surface area contributed by atoms with Crippen LogP contribution in [0.1, 0.15) is 5.56 Å². The molecule has 1 saturated heterocycles. The highest BCUT2D eigenvalue weighted by Gasteiger charge is 2.35. The zero-order valence-electron chi connectivity index (χ0n) is 16.2. The maximum Gasteiger partial charge on any atom is 0.282 e. The van der Waals surface area contributed by atoms with E-state index in [0.717, 1.165) is 0 Å². The van der Waals surface area contributed by atoms with Gasteiger partial charge in [0.05, 0.1) is 34.3 Å². The average Bonchev–Trinajstić information content (AvgIpc) is 3.11. The highest BCUT2D eigenvalue weighted by molar-refractivity contribution is 6.32. The molecule has 4 rings (SSSR count). The molecule has 158 valence electrons. The lowest BCUT2D eigenvalue weighted by molar-refractivity contribution is -0.385. The molecule has 11 heteroatoms. The summed E-state index contributed by atoms with van der Waals surface area (Å²) in [4.78, 5) is 35.9. The van der Waals surface area contributed by atoms with Crippen LogP contribution in [0, 0.1) is 20.2 Å². The lowest BCUT2D eigenvalue weighted by atomic mass is 10.1. The Balaban J connectivity index is 1.70. The van der Waals surface area contributed by atoms with Gasteiger partial charge >= 0.3 is 0 Å². The second-order valence-electron chi connectivity index (χ2n) is 6.82. The first-order chi connectivity index (χ1) is 14.9. The fraction of sp³-hybridized carbons (Fsp3) is 0.200. The number of amides is 1. The Kier molecular flexibility index (Phi) is 5.41. The maximum absolute atomic E-state index is 13.2. The molecule has 2 aromatic rings. The maximum atomic E-state index is 13.2. The predicted molar refractivity (Wildman–Crippen MR) is 111 cm³/mol. The van der Waals surface area contributed by atoms with E-state index >= 15 is 0 Å². The van der Waals surface area contributed by atoms with Gasteiger partial charge in [0.1, 0.15) is 0 Å². The molecule has 0 bridgehead atoms. The van der Waals surface area contributed by atoms with E-state index in [1.165, 1.54) is 41.4 Å². The smallest absolute Gasteiger partial charge is 0.282 e. The average molecular weight is 423 g/mol. The van der Waals surface area contributed by atoms with Crippen LogP contribution in [-0.2, 0) is 9.53 Å². The SMILES string of the molecule is O=C1/C(=C/c2ccc([N+](=O)[O-])cc2)C(N2CCOCC2)=NN1c1ccc([N+](=O)[O-])cc1. The van der Waals surface area contributed by atoms with Gasteiger partial charge in [0.25, 0.3) is 17.3 Å². The van der Waals surface area contributed by atoms with Crippen molar-refractivity contribution < 1.29 is 19.4 Å². The summed E-state index contributed by atoms with van der Waals surface area (Å²) in [6, 6.07) is 11.4. The molecule has 1 amide bonds. The van der Waals surface area contributed by atoms with Crippen molar-refractivity contribution in [1.82, 2.24) is 4.90 Å². The van der Waals surface area contributed by atoms with Gasteiger partial charge in [-0.05, 0) is 35.9 Å². The highest BCUT2D eigenvalue weighted by Crippen LogP contribution is 2.28. The topological polar surface area (TPSA) is 131 Å². The van der Waals surface area contributed by atoms with Crippen molar-refractivity contribution in [2.24, 2.45) is 5.10 Å². The molecule has 2 heterocycles. The minimum absolute atomic E-state index is 0.0468. The minimum atomic E-state index is -0.516. The van der Waals surface area contributed by atoms with E-state index in [0.29, 0.717) is 49.0 Å². The van der Waals surface area contributed by atoms with Crippen LogP contribution >= 0.6 is 0 Å². The standard InChI is InChI=1S/C20H17N5O6/c26-20-18(13-14-1-3-16(4-2-14)24(27)28)19(22-9-11-31-12-10-22)21-23(20)15-5-7-17(8-6-15)25(29)30/h1-8,13H,9-12H2/b18-13+. The Morgan fingerprint density at radius 2 is 1.45 bits per heavy atom. The molecule has 0 saturated carbocycles. The van der Waals surface area contributed by atoms with Crippen molar-refractivity contribution in [3.05, 3.63) is 79.9 Å². The Labute approximate surface area is 176 Å². The number of rotatable bonds is 4. The summed E-state index contributed by atoms with van der Waals surface area (Å²) >= 11 is 0. The van der Waals surface area contributed by atoms with E-state index in [9.17, 15) is 25.0 Å². The number of morpholine rings is 1. The van der Waals surface area contributed by atoms with E-state index < -0.39 is 15.8 Å². The number of nitrogens with zero attached hydrogens (tertiary/aromatic N) is 5. The van der Waals surface area contributed by atoms with Crippen LogP contribution in [0.15, 0.2) is 59.2 Å². The third-order valence-electron chi connectivity index (χ3n) is 4.89. The molecule has 11 nitrogen and oxygen atoms in total. The van der Waals surface area contributed by atoms with E-state index in [1.807, 2.05) is 4.90 Å². The number of hydrazone groups is 1. The molecular formula is C20H17N5O6. The van der Waals surface area contributed by atoms with Crippen LogP contribution in [0.2, 0.25) is 0 Å². The summed E-state index contributed by atoms with van der Waals surface area (Å²) < 4.78 is 5.38. The van der Waals surface area contributed by atoms with Gasteiger partial charge in [0.2, 0.25) is 0 Å². The molecule has 0 radical (unpaired) electrons. The van der Waals surface area contributed by atoms with Crippen molar-refractivity contribution in [2.45, 2.75) is 0 Å². The number of hydrogen-bond donors (Lipinski definition) is 0. The number of carbonyl (C=O) groups excluding carboxylic acids is 1. The Bertz CT molecular complexity index is 1090. The molecule has 0 aliphatic carbocycles. The number of hydrogen-bond acceptors (Lipinski definition) is 8. The summed E-state index contributed by atoms with van der Waals surface area (Å²) in [6.45, 7) is 2.10. The fourth-order valence-corrected chi connectivity index (χ4v) is 3.29. The normalized spacial score (nSPS) is 17.7. The van der Waals surface area contributed by atoms with E-state index in [4.69, 9.17) is 4.74 Å². The number of nitro benzene ring substituents is 2. The monoisotopic (exact) mass is 423 g/mol. The van der Waals surface area contributed by atoms with Crippen molar-refractivity contribution in [3.8, 4) is 0 Å². The van der Waals surface area contributed by atoms with Crippen LogP contribution in [0.3, 0.4) is 0 Å². The third kappa shape index (κ3) is 4.12. The Morgan fingerprint density at radius 1 is 0.903 bits per heavy atom. The number of anilines is 1. The van der Waals surface area contributed by atoms with Crippen molar-refractivity contribution in [2.75, 3.05) is 31.3 Å². The number of nitro groups is 2. The van der Waals surface area contributed by atoms with Crippen molar-refractivity contribution in [3.63, 3.8) is 0 Å². The predicted octanol–water partition coefficient (Wildman–Crippen LogP) is 2.58. The van der Waals surface area contributed by atoms with Crippen molar-refractivity contribution >= 4 is 34.9 Å². The number of non-ortho nitro benzene ring substituents is 2. The van der Waals surface area contributed by atoms with Crippen LogP contribution in [0.5, 0.6) is 0 Å². The van der Waals surface area contributed by atoms with Crippen LogP contribution in [-0.4, -0.2) is 52.8 Å². The van der Waals surface area contributed by atoms with Gasteiger partial charge in [-0.1, -0.05) is 0 Å². The summed E-state index contributed by atoms with van der Waals surface area (Å²) in [7, 11) is 0. The molecule has 1 fully saturated rings. The van der Waals surface area contributed by atoms with Gasteiger partial charge in [0, 0.05) is 37.4 Å². The molecule has 2 aromatic carbocycles. The second-order valence-corrected chi connectivity index (χ2v) is 6.82. The highest BCUT2D eigenvalue weighted by atomic mass is 16.6. The molecule has 0 aromatic heterocycles. The summed E-state index contributed by atoms with van der Waals surface area (Å²) in [5, 5.41) is 27.5. The molecule has 0 atom stereocenters. The van der Waals surface area contributed by atoms with Gasteiger partial charge in [-0.15, -0.1) is 5.10 Å². The molecule has 0 spiro atoms. The number of carbonyl (C=O) groups is 1. The third-order valence-corrected chi connectivity index (χ3v) is 4.89. The van der Waals surface area contributed by atoms with Gasteiger partial charge in [-0.25, -0.2) is 0 Å². The lowest BCUT2D eigenvalue weighted by Gasteiger charge is -2.28. The first-order valence-electron chi connectivity index (χ1n) is 9.41. The zero-order valence-corrected chi connectivity index (χ0v) is 16.2. The number of benzene rings is 2. The molecule has 2 aliphatic rings. The first-order valence-corrected chi connectivity index (χ1v) is 9.41. The van der Waals surface area contributed by atoms with E-state index in [1.54, 1.807) is 18.2 Å². The summed E-state index contributed by atoms with van der Waals surface area (Å²) in [5.74, 6) is 0.0682. The zero-order chi connectivity index (χ0) is 22.0. The van der Waals surface area contributed by atoms with Gasteiger partial charge in [0.15, 0.2) is 5.84 Å². The fourth-order valence-electron chi connectivity index (χ4n) is 3.29. The number of amidine groups is 1. The Hall–Kier alpha value is -4.12. The second kappa shape index (κ2) is 8.32. The number of ether oxygens (including phenoxy) is 1. The van der Waals surface area contributed by atoms with Gasteiger partial charge in [-0.2, -0.15) is 5.01 Å². The van der Waals surface area contributed by atoms with Crippen LogP contribution < -0.4 is 5.01 Å². The molecular weight excluding hydrogens is 406 g/mol. The van der Waals surface area contributed by atoms with Crippen LogP contribution in [0.4, 0.5) is 17.1 Å². The summed E-state index contributed by atoms with van der Waals surface area (Å²) in [6.07, 6.45) is 1.63. The van der Waals surface area contributed by atoms with Crippen LogP contribution in [0.25, 0.3) is 6.08 Å². The molecule has 0 unspecified atom stereocenters. The van der Waals surface area contributed by atoms with E-state index in [-0.39, 0.29) is 11.4 Å². The molecule has 31 heavy (non-hydrogen) atoms. The largest absolute Gasteiger partial charge is 0.378 e. The Morgan fingerprint density at radius 3 is 2.00 bits per heavy atom. The first kappa shape index (κ1) is 20.2. The van der Waals surface area contributed by atoms with Gasteiger partial charge < -0.3 is 9.64 Å². The lowest BCUT2D eigenvalue weighted by Crippen LogP contribution is -2.41. The molecule has 0 N–H and O–H groups in total. The molecule has 2 aliphatic heterocycles. The summed E-state index contributed by atoms with van der Waals surface area (Å²) in [5.41, 5.74) is 1.20. The van der Waals surface area contributed by atoms with Gasteiger partial charge in [-0.3, -0.25) is 25.0 Å². The minimum Gasteiger partial charge on any atom is -0.378 e. The van der Waals surface area contributed by atoms with E-state index in [2.05, 4.69) is 5.10 Å². The van der Waals surface area contributed by atoms with Crippen molar-refractivity contribution in [1.29, 1.82) is 0 Å².